The number of piperazine rings is 1. The molecular weight excluding hydrogens is 190 g/mol. The van der Waals surface area contributed by atoms with Gasteiger partial charge < -0.3 is 10.2 Å². The molecule has 4 heteroatoms. The summed E-state index contributed by atoms with van der Waals surface area (Å²) < 4.78 is 0. The monoisotopic (exact) mass is 211 g/mol. The van der Waals surface area contributed by atoms with Gasteiger partial charge in [0.05, 0.1) is 0 Å². The van der Waals surface area contributed by atoms with E-state index in [0.717, 1.165) is 19.6 Å². The van der Waals surface area contributed by atoms with Crippen LogP contribution in [0.5, 0.6) is 0 Å². The second-order valence-corrected chi connectivity index (χ2v) is 4.69. The fourth-order valence-electron chi connectivity index (χ4n) is 2.58. The molecule has 0 unspecified atom stereocenters. The van der Waals surface area contributed by atoms with E-state index < -0.39 is 0 Å². The number of amides is 2. The molecule has 0 bridgehead atoms. The molecule has 2 aliphatic rings. The Morgan fingerprint density at radius 1 is 1.40 bits per heavy atom. The first-order valence-corrected chi connectivity index (χ1v) is 5.93. The number of nitrogens with one attached hydrogen (secondary N) is 1. The quantitative estimate of drug-likeness (QED) is 0.736. The fourth-order valence-corrected chi connectivity index (χ4v) is 2.58. The van der Waals surface area contributed by atoms with Gasteiger partial charge in [0.25, 0.3) is 0 Å². The molecule has 0 atom stereocenters. The van der Waals surface area contributed by atoms with Crippen molar-refractivity contribution < 1.29 is 4.79 Å². The van der Waals surface area contributed by atoms with Gasteiger partial charge in [-0.15, -0.1) is 0 Å². The maximum atomic E-state index is 11.5. The average Bonchev–Trinajstić information content (AvgIpc) is 3.01. The van der Waals surface area contributed by atoms with E-state index in [9.17, 15) is 4.79 Å². The Balaban J connectivity index is 1.96. The summed E-state index contributed by atoms with van der Waals surface area (Å²) in [4.78, 5) is 16.1. The smallest absolute Gasteiger partial charge is 0.317 e. The molecule has 2 fully saturated rings. The molecule has 1 heterocycles. The third kappa shape index (κ3) is 1.95. The van der Waals surface area contributed by atoms with Gasteiger partial charge in [0.2, 0.25) is 0 Å². The van der Waals surface area contributed by atoms with Crippen LogP contribution in [0.4, 0.5) is 4.79 Å². The van der Waals surface area contributed by atoms with Gasteiger partial charge in [0.1, 0.15) is 0 Å². The largest absolute Gasteiger partial charge is 0.341 e. The van der Waals surface area contributed by atoms with Crippen molar-refractivity contribution in [3.05, 3.63) is 0 Å². The molecule has 0 aromatic rings. The number of nitrogens with zero attached hydrogens (tertiary/aromatic N) is 2. The molecular formula is C11H21N3O. The summed E-state index contributed by atoms with van der Waals surface area (Å²) >= 11 is 0. The van der Waals surface area contributed by atoms with Crippen molar-refractivity contribution in [1.82, 2.24) is 15.1 Å². The molecule has 1 N–H and O–H groups in total. The van der Waals surface area contributed by atoms with E-state index >= 15 is 0 Å². The summed E-state index contributed by atoms with van der Waals surface area (Å²) in [7, 11) is 1.71. The highest BCUT2D eigenvalue weighted by atomic mass is 16.2. The second-order valence-electron chi connectivity index (χ2n) is 4.69. The number of rotatable bonds is 2. The molecule has 2 amide bonds. The molecule has 1 saturated heterocycles. The van der Waals surface area contributed by atoms with Crippen molar-refractivity contribution in [2.24, 2.45) is 0 Å². The number of urea groups is 1. The van der Waals surface area contributed by atoms with Crippen LogP contribution in [0.25, 0.3) is 0 Å². The highest BCUT2D eigenvalue weighted by Crippen LogP contribution is 2.44. The van der Waals surface area contributed by atoms with Gasteiger partial charge in [0, 0.05) is 32.2 Å². The van der Waals surface area contributed by atoms with Crippen molar-refractivity contribution in [2.75, 3.05) is 33.2 Å². The Hall–Kier alpha value is -0.770. The number of hydrogen-bond donors (Lipinski definition) is 1. The van der Waals surface area contributed by atoms with Crippen LogP contribution in [-0.2, 0) is 0 Å². The zero-order chi connectivity index (χ0) is 10.9. The summed E-state index contributed by atoms with van der Waals surface area (Å²) in [6.45, 7) is 6.25. The van der Waals surface area contributed by atoms with Crippen molar-refractivity contribution in [3.8, 4) is 0 Å². The van der Waals surface area contributed by atoms with E-state index in [0.29, 0.717) is 5.54 Å². The Morgan fingerprint density at radius 2 is 2.13 bits per heavy atom. The molecule has 0 aromatic carbocycles. The minimum absolute atomic E-state index is 0.0809. The molecule has 1 aliphatic heterocycles. The number of hydrogen-bond acceptors (Lipinski definition) is 2. The topological polar surface area (TPSA) is 35.6 Å². The molecule has 1 aliphatic carbocycles. The summed E-state index contributed by atoms with van der Waals surface area (Å²) in [5.41, 5.74) is 0.348. The van der Waals surface area contributed by atoms with Crippen LogP contribution in [0.2, 0.25) is 0 Å². The Bertz CT molecular complexity index is 250. The number of carbonyl (C=O) groups is 1. The first kappa shape index (κ1) is 10.7. The molecule has 15 heavy (non-hydrogen) atoms. The van der Waals surface area contributed by atoms with Crippen LogP contribution >= 0.6 is 0 Å². The highest BCUT2D eigenvalue weighted by molar-refractivity contribution is 5.74. The Labute approximate surface area is 91.6 Å². The summed E-state index contributed by atoms with van der Waals surface area (Å²) in [5, 5.41) is 2.72. The first-order valence-electron chi connectivity index (χ1n) is 5.93. The fraction of sp³-hybridized carbons (Fsp3) is 0.909. The van der Waals surface area contributed by atoms with E-state index in [4.69, 9.17) is 0 Å². The van der Waals surface area contributed by atoms with Crippen LogP contribution in [-0.4, -0.2) is 54.6 Å². The lowest BCUT2D eigenvalue weighted by atomic mass is 10.1. The van der Waals surface area contributed by atoms with E-state index in [1.807, 2.05) is 4.90 Å². The third-order valence-corrected chi connectivity index (χ3v) is 3.62. The van der Waals surface area contributed by atoms with Gasteiger partial charge in [-0.1, -0.05) is 6.92 Å². The maximum Gasteiger partial charge on any atom is 0.317 e. The molecule has 1 spiro atoms. The van der Waals surface area contributed by atoms with Crippen LogP contribution < -0.4 is 5.32 Å². The van der Waals surface area contributed by atoms with Crippen molar-refractivity contribution >= 4 is 6.03 Å². The summed E-state index contributed by atoms with van der Waals surface area (Å²) in [5.74, 6) is 0. The van der Waals surface area contributed by atoms with Crippen molar-refractivity contribution in [3.63, 3.8) is 0 Å². The third-order valence-electron chi connectivity index (χ3n) is 3.62. The normalized spacial score (nSPS) is 24.3. The van der Waals surface area contributed by atoms with Gasteiger partial charge in [-0.05, 0) is 25.8 Å². The van der Waals surface area contributed by atoms with Gasteiger partial charge >= 0.3 is 6.03 Å². The molecule has 2 rings (SSSR count). The van der Waals surface area contributed by atoms with Gasteiger partial charge in [0.15, 0.2) is 0 Å². The molecule has 4 nitrogen and oxygen atoms in total. The van der Waals surface area contributed by atoms with Crippen LogP contribution in [0.15, 0.2) is 0 Å². The van der Waals surface area contributed by atoms with Gasteiger partial charge in [-0.25, -0.2) is 4.79 Å². The summed E-state index contributed by atoms with van der Waals surface area (Å²) in [6, 6.07) is 0.0809. The lowest BCUT2D eigenvalue weighted by Gasteiger charge is -2.41. The van der Waals surface area contributed by atoms with E-state index in [1.165, 1.54) is 25.8 Å². The Morgan fingerprint density at radius 3 is 2.67 bits per heavy atom. The molecule has 0 radical (unpaired) electrons. The van der Waals surface area contributed by atoms with Crippen molar-refractivity contribution in [1.29, 1.82) is 0 Å². The van der Waals surface area contributed by atoms with E-state index in [1.54, 1.807) is 7.05 Å². The maximum absolute atomic E-state index is 11.5. The van der Waals surface area contributed by atoms with Crippen LogP contribution in [0, 0.1) is 0 Å². The zero-order valence-corrected chi connectivity index (χ0v) is 9.75. The standard InChI is InChI=1S/C11H21N3O/c1-3-6-14-8-7-13(10(15)12-2)9-11(14)4-5-11/h3-9H2,1-2H3,(H,12,15). The molecule has 86 valence electrons. The summed E-state index contributed by atoms with van der Waals surface area (Å²) in [6.07, 6.45) is 3.74. The SMILES string of the molecule is CCCN1CCN(C(=O)NC)CC12CC2. The Kier molecular flexibility index (Phi) is 2.87. The predicted molar refractivity (Wildman–Crippen MR) is 59.9 cm³/mol. The predicted octanol–water partition coefficient (Wildman–Crippen LogP) is 0.886. The van der Waals surface area contributed by atoms with Crippen LogP contribution in [0.1, 0.15) is 26.2 Å². The average molecular weight is 211 g/mol. The minimum atomic E-state index is 0.0809. The van der Waals surface area contributed by atoms with Crippen molar-refractivity contribution in [2.45, 2.75) is 31.7 Å². The lowest BCUT2D eigenvalue weighted by Crippen LogP contribution is -2.58. The van der Waals surface area contributed by atoms with Crippen LogP contribution in [0.3, 0.4) is 0 Å². The van der Waals surface area contributed by atoms with Gasteiger partial charge in [-0.3, -0.25) is 4.90 Å². The lowest BCUT2D eigenvalue weighted by molar-refractivity contribution is 0.0758. The zero-order valence-electron chi connectivity index (χ0n) is 9.75. The molecule has 0 aromatic heterocycles. The number of carbonyl (C=O) groups excluding carboxylic acids is 1. The second kappa shape index (κ2) is 4.00. The molecule has 1 saturated carbocycles. The highest BCUT2D eigenvalue weighted by Gasteiger charge is 2.51. The minimum Gasteiger partial charge on any atom is -0.341 e. The first-order chi connectivity index (χ1) is 7.22. The van der Waals surface area contributed by atoms with Gasteiger partial charge in [-0.2, -0.15) is 0 Å². The van der Waals surface area contributed by atoms with E-state index in [2.05, 4.69) is 17.1 Å². The van der Waals surface area contributed by atoms with E-state index in [-0.39, 0.29) is 6.03 Å².